The summed E-state index contributed by atoms with van der Waals surface area (Å²) in [6.45, 7) is 2.48. The van der Waals surface area contributed by atoms with Crippen molar-refractivity contribution in [3.63, 3.8) is 0 Å². The highest BCUT2D eigenvalue weighted by Gasteiger charge is 2.11. The van der Waals surface area contributed by atoms with Crippen molar-refractivity contribution in [1.29, 1.82) is 0 Å². The molecule has 0 aliphatic carbocycles. The summed E-state index contributed by atoms with van der Waals surface area (Å²) in [4.78, 5) is 11.7. The third-order valence-corrected chi connectivity index (χ3v) is 3.99. The van der Waals surface area contributed by atoms with Crippen LogP contribution in [0.5, 0.6) is 5.75 Å². The van der Waals surface area contributed by atoms with Gasteiger partial charge in [-0.3, -0.25) is 4.79 Å². The maximum absolute atomic E-state index is 13.3. The molecule has 2 N–H and O–H groups in total. The number of hydrogen-bond acceptors (Lipinski definition) is 5. The second-order valence-corrected chi connectivity index (χ2v) is 5.74. The van der Waals surface area contributed by atoms with Gasteiger partial charge in [0.25, 0.3) is 0 Å². The minimum Gasteiger partial charge on any atom is -0.503 e. The molecule has 3 rings (SSSR count). The van der Waals surface area contributed by atoms with Gasteiger partial charge in [0.15, 0.2) is 5.75 Å². The van der Waals surface area contributed by atoms with Crippen molar-refractivity contribution in [2.24, 2.45) is 7.05 Å². The summed E-state index contributed by atoms with van der Waals surface area (Å²) < 4.78 is 16.5. The van der Waals surface area contributed by atoms with E-state index < -0.39 is 5.43 Å². The first-order chi connectivity index (χ1) is 12.0. The van der Waals surface area contributed by atoms with Crippen LogP contribution in [-0.4, -0.2) is 24.7 Å². The zero-order valence-corrected chi connectivity index (χ0v) is 13.9. The first-order valence-electron chi connectivity index (χ1n) is 7.72. The number of pyridine rings is 1. The second-order valence-electron chi connectivity index (χ2n) is 5.74. The van der Waals surface area contributed by atoms with Gasteiger partial charge in [0.2, 0.25) is 5.43 Å². The van der Waals surface area contributed by atoms with Crippen molar-refractivity contribution < 1.29 is 9.50 Å². The molecule has 7 nitrogen and oxygen atoms in total. The number of nitrogens with zero attached hydrogens (tertiary/aromatic N) is 4. The van der Waals surface area contributed by atoms with Gasteiger partial charge >= 0.3 is 0 Å². The maximum Gasteiger partial charge on any atom is 0.223 e. The molecule has 0 fully saturated rings. The van der Waals surface area contributed by atoms with Crippen LogP contribution in [0.1, 0.15) is 17.1 Å². The third kappa shape index (κ3) is 3.58. The molecule has 0 radical (unpaired) electrons. The second kappa shape index (κ2) is 6.86. The van der Waals surface area contributed by atoms with Crippen LogP contribution >= 0.6 is 0 Å². The van der Waals surface area contributed by atoms with E-state index in [0.717, 1.165) is 5.69 Å². The Morgan fingerprint density at radius 1 is 1.28 bits per heavy atom. The summed E-state index contributed by atoms with van der Waals surface area (Å²) >= 11 is 0. The van der Waals surface area contributed by atoms with E-state index in [1.807, 2.05) is 0 Å². The number of aromatic hydroxyl groups is 1. The molecule has 3 aromatic rings. The molecule has 0 spiro atoms. The lowest BCUT2D eigenvalue weighted by Gasteiger charge is -2.13. The van der Waals surface area contributed by atoms with Gasteiger partial charge in [0, 0.05) is 31.9 Å². The Balaban J connectivity index is 1.69. The molecule has 25 heavy (non-hydrogen) atoms. The number of halogens is 1. The molecular weight excluding hydrogens is 325 g/mol. The van der Waals surface area contributed by atoms with Gasteiger partial charge in [-0.25, -0.2) is 9.07 Å². The monoisotopic (exact) mass is 343 g/mol. The minimum atomic E-state index is -0.399. The highest BCUT2D eigenvalue weighted by atomic mass is 19.1. The van der Waals surface area contributed by atoms with Crippen LogP contribution in [-0.2, 0) is 20.1 Å². The Morgan fingerprint density at radius 2 is 2.08 bits per heavy atom. The van der Waals surface area contributed by atoms with Crippen LogP contribution in [0.25, 0.3) is 5.69 Å². The molecule has 2 heterocycles. The minimum absolute atomic E-state index is 0.260. The number of aryl methyl sites for hydroxylation is 1. The highest BCUT2D eigenvalue weighted by Crippen LogP contribution is 2.13. The van der Waals surface area contributed by atoms with Gasteiger partial charge < -0.3 is 15.0 Å². The Morgan fingerprint density at radius 3 is 2.84 bits per heavy atom. The predicted octanol–water partition coefficient (Wildman–Crippen LogP) is 1.41. The fourth-order valence-electron chi connectivity index (χ4n) is 2.50. The van der Waals surface area contributed by atoms with Gasteiger partial charge in [-0.1, -0.05) is 11.3 Å². The summed E-state index contributed by atoms with van der Waals surface area (Å²) in [5.41, 5.74) is 2.10. The summed E-state index contributed by atoms with van der Waals surface area (Å²) in [6.07, 6.45) is 1.69. The first-order valence-corrected chi connectivity index (χ1v) is 7.72. The zero-order chi connectivity index (χ0) is 18.0. The summed E-state index contributed by atoms with van der Waals surface area (Å²) in [7, 11) is 1.78. The van der Waals surface area contributed by atoms with E-state index in [1.165, 1.54) is 22.9 Å². The molecule has 8 heteroatoms. The highest BCUT2D eigenvalue weighted by molar-refractivity contribution is 5.31. The van der Waals surface area contributed by atoms with Crippen molar-refractivity contribution >= 4 is 0 Å². The first kappa shape index (κ1) is 16.8. The van der Waals surface area contributed by atoms with E-state index in [4.69, 9.17) is 0 Å². The normalized spacial score (nSPS) is 11.0. The number of rotatable bonds is 5. The molecule has 0 aliphatic rings. The smallest absolute Gasteiger partial charge is 0.223 e. The number of nitrogens with one attached hydrogen (secondary N) is 1. The van der Waals surface area contributed by atoms with Crippen LogP contribution in [0, 0.1) is 12.7 Å². The average molecular weight is 343 g/mol. The Bertz CT molecular complexity index is 964. The topological polar surface area (TPSA) is 85.0 Å². The van der Waals surface area contributed by atoms with Gasteiger partial charge in [-0.15, -0.1) is 5.10 Å². The number of benzene rings is 1. The third-order valence-electron chi connectivity index (χ3n) is 3.99. The number of aromatic nitrogens is 4. The van der Waals surface area contributed by atoms with Crippen molar-refractivity contribution in [3.8, 4) is 11.4 Å². The SMILES string of the molecule is Cc1cc(=O)c(O)c(CNCc2cn(-c3cccc(F)c3)nn2)n1C. The van der Waals surface area contributed by atoms with Crippen molar-refractivity contribution in [2.45, 2.75) is 20.0 Å². The van der Waals surface area contributed by atoms with Gasteiger partial charge in [-0.2, -0.15) is 0 Å². The van der Waals surface area contributed by atoms with E-state index >= 15 is 0 Å². The van der Waals surface area contributed by atoms with E-state index in [1.54, 1.807) is 36.9 Å². The van der Waals surface area contributed by atoms with E-state index in [2.05, 4.69) is 15.6 Å². The van der Waals surface area contributed by atoms with E-state index in [0.29, 0.717) is 30.2 Å². The standard InChI is InChI=1S/C17H18FN5O2/c1-11-6-16(24)17(25)15(22(11)2)9-19-8-13-10-23(21-20-13)14-5-3-4-12(18)7-14/h3-7,10,19,25H,8-9H2,1-2H3. The fraction of sp³-hybridized carbons (Fsp3) is 0.235. The quantitative estimate of drug-likeness (QED) is 0.732. The molecule has 0 aliphatic heterocycles. The molecule has 2 aromatic heterocycles. The Labute approximate surface area is 143 Å². The molecular formula is C17H18FN5O2. The molecule has 1 aromatic carbocycles. The van der Waals surface area contributed by atoms with Crippen LogP contribution < -0.4 is 10.7 Å². The van der Waals surface area contributed by atoms with Gasteiger partial charge in [-0.05, 0) is 25.1 Å². The van der Waals surface area contributed by atoms with E-state index in [-0.39, 0.29) is 11.6 Å². The van der Waals surface area contributed by atoms with Crippen LogP contribution in [0.4, 0.5) is 4.39 Å². The molecule has 130 valence electrons. The lowest BCUT2D eigenvalue weighted by Crippen LogP contribution is -2.20. The summed E-state index contributed by atoms with van der Waals surface area (Å²) in [5.74, 6) is -0.604. The molecule has 0 atom stereocenters. The van der Waals surface area contributed by atoms with Crippen molar-refractivity contribution in [2.75, 3.05) is 0 Å². The summed E-state index contributed by atoms with van der Waals surface area (Å²) in [5, 5.41) is 21.1. The molecule has 0 saturated heterocycles. The van der Waals surface area contributed by atoms with Gasteiger partial charge in [0.1, 0.15) is 5.82 Å². The Hall–Kier alpha value is -3.00. The lowest BCUT2D eigenvalue weighted by atomic mass is 10.2. The number of hydrogen-bond donors (Lipinski definition) is 2. The zero-order valence-electron chi connectivity index (χ0n) is 13.9. The average Bonchev–Trinajstić information content (AvgIpc) is 3.05. The molecule has 0 bridgehead atoms. The summed E-state index contributed by atoms with van der Waals surface area (Å²) in [6, 6.07) is 7.46. The largest absolute Gasteiger partial charge is 0.503 e. The maximum atomic E-state index is 13.3. The van der Waals surface area contributed by atoms with Crippen molar-refractivity contribution in [1.82, 2.24) is 24.9 Å². The lowest BCUT2D eigenvalue weighted by molar-refractivity contribution is 0.445. The van der Waals surface area contributed by atoms with E-state index in [9.17, 15) is 14.3 Å². The molecule has 0 saturated carbocycles. The van der Waals surface area contributed by atoms with Crippen LogP contribution in [0.2, 0.25) is 0 Å². The molecule has 0 unspecified atom stereocenters. The van der Waals surface area contributed by atoms with Gasteiger partial charge in [0.05, 0.1) is 23.3 Å². The fourth-order valence-corrected chi connectivity index (χ4v) is 2.50. The van der Waals surface area contributed by atoms with Crippen LogP contribution in [0.15, 0.2) is 41.3 Å². The predicted molar refractivity (Wildman–Crippen MR) is 89.9 cm³/mol. The Kier molecular flexibility index (Phi) is 4.62. The van der Waals surface area contributed by atoms with Crippen LogP contribution in [0.3, 0.4) is 0 Å². The van der Waals surface area contributed by atoms with Crippen molar-refractivity contribution in [3.05, 3.63) is 69.7 Å². The molecule has 0 amide bonds.